The molecule has 1 aliphatic heterocycles. The van der Waals surface area contributed by atoms with Crippen molar-refractivity contribution in [3.63, 3.8) is 0 Å². The summed E-state index contributed by atoms with van der Waals surface area (Å²) >= 11 is 0. The first kappa shape index (κ1) is 30.5. The molecule has 3 rings (SSSR count). The number of carboxylic acids is 1. The Morgan fingerprint density at radius 1 is 1.10 bits per heavy atom. The molecule has 0 aromatic carbocycles. The fourth-order valence-corrected chi connectivity index (χ4v) is 4.83. The lowest BCUT2D eigenvalue weighted by Gasteiger charge is -2.21. The van der Waals surface area contributed by atoms with Crippen LogP contribution in [0.2, 0.25) is 0 Å². The van der Waals surface area contributed by atoms with Gasteiger partial charge < -0.3 is 20.5 Å². The Bertz CT molecular complexity index is 1040. The zero-order chi connectivity index (χ0) is 28.0. The van der Waals surface area contributed by atoms with Crippen molar-refractivity contribution in [2.45, 2.75) is 96.9 Å². The highest BCUT2D eigenvalue weighted by atomic mass is 16.5. The molecule has 1 amide bonds. The SMILES string of the molecule is Cc1ncc([C@@H](CCCC(CCc2ccc3c(n2)NCCC3)NC(=O)CCOCCC(C)C)CC(=O)O)cn1. The Kier molecular flexibility index (Phi) is 12.6. The van der Waals surface area contributed by atoms with Crippen molar-refractivity contribution >= 4 is 17.7 Å². The summed E-state index contributed by atoms with van der Waals surface area (Å²) in [5.41, 5.74) is 3.12. The van der Waals surface area contributed by atoms with Crippen molar-refractivity contribution in [2.75, 3.05) is 25.1 Å². The van der Waals surface area contributed by atoms with Gasteiger partial charge in [0.25, 0.3) is 0 Å². The highest BCUT2D eigenvalue weighted by Gasteiger charge is 2.19. The second kappa shape index (κ2) is 16.1. The Hall–Kier alpha value is -3.07. The van der Waals surface area contributed by atoms with E-state index in [1.807, 2.05) is 6.92 Å². The van der Waals surface area contributed by atoms with E-state index in [1.54, 1.807) is 12.4 Å². The number of fused-ring (bicyclic) bond motifs is 1. The lowest BCUT2D eigenvalue weighted by atomic mass is 9.91. The summed E-state index contributed by atoms with van der Waals surface area (Å²) in [7, 11) is 0. The van der Waals surface area contributed by atoms with E-state index in [0.717, 1.165) is 68.6 Å². The molecule has 2 aromatic heterocycles. The fraction of sp³-hybridized carbons (Fsp3) is 0.633. The monoisotopic (exact) mass is 539 g/mol. The number of rotatable bonds is 17. The summed E-state index contributed by atoms with van der Waals surface area (Å²) in [4.78, 5) is 37.6. The lowest BCUT2D eigenvalue weighted by Crippen LogP contribution is -2.36. The van der Waals surface area contributed by atoms with Gasteiger partial charge in [-0.15, -0.1) is 0 Å². The molecule has 1 unspecified atom stereocenters. The van der Waals surface area contributed by atoms with Crippen LogP contribution in [0.25, 0.3) is 0 Å². The number of aromatic nitrogens is 3. The van der Waals surface area contributed by atoms with E-state index in [-0.39, 0.29) is 24.3 Å². The van der Waals surface area contributed by atoms with Gasteiger partial charge in [0, 0.05) is 43.7 Å². The van der Waals surface area contributed by atoms with Crippen molar-refractivity contribution in [1.29, 1.82) is 0 Å². The third-order valence-electron chi connectivity index (χ3n) is 7.18. The first-order chi connectivity index (χ1) is 18.8. The summed E-state index contributed by atoms with van der Waals surface area (Å²) < 4.78 is 5.64. The molecule has 1 aliphatic rings. The van der Waals surface area contributed by atoms with Gasteiger partial charge in [-0.1, -0.05) is 26.3 Å². The average Bonchev–Trinajstić information content (AvgIpc) is 2.90. The second-order valence-corrected chi connectivity index (χ2v) is 11.0. The number of pyridine rings is 1. The van der Waals surface area contributed by atoms with Crippen molar-refractivity contribution in [2.24, 2.45) is 5.92 Å². The molecule has 39 heavy (non-hydrogen) atoms. The molecule has 0 bridgehead atoms. The smallest absolute Gasteiger partial charge is 0.303 e. The molecule has 0 radical (unpaired) electrons. The van der Waals surface area contributed by atoms with E-state index in [0.29, 0.717) is 37.8 Å². The minimum Gasteiger partial charge on any atom is -0.481 e. The zero-order valence-electron chi connectivity index (χ0n) is 23.7. The number of hydrogen-bond acceptors (Lipinski definition) is 7. The number of amides is 1. The number of ether oxygens (including phenoxy) is 1. The quantitative estimate of drug-likeness (QED) is 0.244. The highest BCUT2D eigenvalue weighted by Crippen LogP contribution is 2.26. The normalized spacial score (nSPS) is 14.4. The summed E-state index contributed by atoms with van der Waals surface area (Å²) in [6, 6.07) is 4.22. The number of carbonyl (C=O) groups excluding carboxylic acids is 1. The molecule has 9 nitrogen and oxygen atoms in total. The number of hydrogen-bond donors (Lipinski definition) is 3. The largest absolute Gasteiger partial charge is 0.481 e. The van der Waals surface area contributed by atoms with Crippen LogP contribution in [-0.2, 0) is 27.2 Å². The molecule has 9 heteroatoms. The summed E-state index contributed by atoms with van der Waals surface area (Å²) in [5, 5.41) is 16.1. The molecule has 0 spiro atoms. The van der Waals surface area contributed by atoms with E-state index < -0.39 is 5.97 Å². The van der Waals surface area contributed by atoms with E-state index >= 15 is 0 Å². The molecule has 0 aliphatic carbocycles. The Morgan fingerprint density at radius 3 is 2.64 bits per heavy atom. The second-order valence-electron chi connectivity index (χ2n) is 11.0. The van der Waals surface area contributed by atoms with Crippen molar-refractivity contribution < 1.29 is 19.4 Å². The van der Waals surface area contributed by atoms with Gasteiger partial charge in [-0.25, -0.2) is 15.0 Å². The number of nitrogens with zero attached hydrogens (tertiary/aromatic N) is 3. The molecular weight excluding hydrogens is 494 g/mol. The number of aliphatic carboxylic acids is 1. The first-order valence-electron chi connectivity index (χ1n) is 14.4. The van der Waals surface area contributed by atoms with Gasteiger partial charge in [-0.2, -0.15) is 0 Å². The third-order valence-corrected chi connectivity index (χ3v) is 7.18. The van der Waals surface area contributed by atoms with Crippen LogP contribution in [-0.4, -0.2) is 57.7 Å². The molecule has 2 atom stereocenters. The maximum absolute atomic E-state index is 12.7. The number of anilines is 1. The van der Waals surface area contributed by atoms with Crippen LogP contribution in [0.5, 0.6) is 0 Å². The van der Waals surface area contributed by atoms with E-state index in [4.69, 9.17) is 9.72 Å². The number of aryl methyl sites for hydroxylation is 3. The van der Waals surface area contributed by atoms with Crippen LogP contribution in [0.3, 0.4) is 0 Å². The molecule has 3 heterocycles. The topological polar surface area (TPSA) is 126 Å². The number of nitrogens with one attached hydrogen (secondary N) is 2. The lowest BCUT2D eigenvalue weighted by molar-refractivity contribution is -0.137. The van der Waals surface area contributed by atoms with Gasteiger partial charge in [-0.3, -0.25) is 9.59 Å². The Balaban J connectivity index is 1.57. The highest BCUT2D eigenvalue weighted by molar-refractivity contribution is 5.76. The predicted molar refractivity (Wildman–Crippen MR) is 152 cm³/mol. The van der Waals surface area contributed by atoms with E-state index in [9.17, 15) is 14.7 Å². The van der Waals surface area contributed by atoms with Gasteiger partial charge in [0.15, 0.2) is 0 Å². The van der Waals surface area contributed by atoms with Crippen LogP contribution in [0.4, 0.5) is 5.82 Å². The Labute approximate surface area is 232 Å². The maximum Gasteiger partial charge on any atom is 0.303 e. The molecule has 214 valence electrons. The molecule has 0 saturated carbocycles. The minimum absolute atomic E-state index is 0.0152. The van der Waals surface area contributed by atoms with Gasteiger partial charge in [0.05, 0.1) is 13.0 Å². The predicted octanol–water partition coefficient (Wildman–Crippen LogP) is 4.84. The zero-order valence-corrected chi connectivity index (χ0v) is 23.7. The molecular formula is C30H45N5O4. The summed E-state index contributed by atoms with van der Waals surface area (Å²) in [6.45, 7) is 8.15. The fourth-order valence-electron chi connectivity index (χ4n) is 4.83. The van der Waals surface area contributed by atoms with Gasteiger partial charge >= 0.3 is 5.97 Å². The summed E-state index contributed by atoms with van der Waals surface area (Å²) in [6.07, 6.45) is 10.7. The van der Waals surface area contributed by atoms with Gasteiger partial charge in [-0.05, 0) is 80.9 Å². The number of carbonyl (C=O) groups is 2. The first-order valence-corrected chi connectivity index (χ1v) is 14.4. The number of carboxylic acid groups (broad SMARTS) is 1. The van der Waals surface area contributed by atoms with Crippen molar-refractivity contribution in [3.8, 4) is 0 Å². The van der Waals surface area contributed by atoms with Crippen molar-refractivity contribution in [3.05, 3.63) is 47.2 Å². The molecule has 3 N–H and O–H groups in total. The summed E-state index contributed by atoms with van der Waals surface area (Å²) in [5.74, 6) is 1.20. The van der Waals surface area contributed by atoms with E-state index in [2.05, 4.69) is 46.6 Å². The van der Waals surface area contributed by atoms with Crippen LogP contribution < -0.4 is 10.6 Å². The van der Waals surface area contributed by atoms with Crippen LogP contribution >= 0.6 is 0 Å². The maximum atomic E-state index is 12.7. The molecule has 0 fully saturated rings. The molecule has 2 aromatic rings. The van der Waals surface area contributed by atoms with Gasteiger partial charge in [0.1, 0.15) is 11.6 Å². The standard InChI is InChI=1S/C30H45N5O4/c1-21(2)13-16-39-17-14-28(36)34-26(11-12-27-10-9-23-7-5-15-31-30(23)35-27)8-4-6-24(18-29(37)38)25-19-32-22(3)33-20-25/h9-10,19-21,24,26H,4-8,11-18H2,1-3H3,(H,31,35)(H,34,36)(H,37,38)/t24-,26?/m0/s1. The van der Waals surface area contributed by atoms with Crippen LogP contribution in [0, 0.1) is 12.8 Å². The minimum atomic E-state index is -0.838. The average molecular weight is 540 g/mol. The Morgan fingerprint density at radius 2 is 1.90 bits per heavy atom. The van der Waals surface area contributed by atoms with Gasteiger partial charge in [0.2, 0.25) is 5.91 Å². The van der Waals surface area contributed by atoms with Crippen LogP contribution in [0.15, 0.2) is 24.5 Å². The molecule has 0 saturated heterocycles. The van der Waals surface area contributed by atoms with Crippen molar-refractivity contribution in [1.82, 2.24) is 20.3 Å². The van der Waals surface area contributed by atoms with E-state index in [1.165, 1.54) is 5.56 Å². The van der Waals surface area contributed by atoms with Crippen LogP contribution in [0.1, 0.15) is 93.8 Å². The third kappa shape index (κ3) is 11.3.